The minimum atomic E-state index is -0.288. The Bertz CT molecular complexity index is 719. The van der Waals surface area contributed by atoms with Gasteiger partial charge in [0.15, 0.2) is 0 Å². The van der Waals surface area contributed by atoms with Crippen molar-refractivity contribution in [1.29, 1.82) is 0 Å². The first-order valence-corrected chi connectivity index (χ1v) is 8.43. The van der Waals surface area contributed by atoms with E-state index in [2.05, 4.69) is 38.5 Å². The second kappa shape index (κ2) is 6.04. The molecule has 0 N–H and O–H groups in total. The molecule has 0 saturated carbocycles. The van der Waals surface area contributed by atoms with Gasteiger partial charge in [0.05, 0.1) is 4.47 Å². The molecule has 2 aromatic carbocycles. The molecule has 1 aliphatic heterocycles. The number of hydrogen-bond acceptors (Lipinski definition) is 1. The molecule has 0 radical (unpaired) electrons. The summed E-state index contributed by atoms with van der Waals surface area (Å²) < 4.78 is 14.8. The van der Waals surface area contributed by atoms with Gasteiger partial charge in [0.1, 0.15) is 5.82 Å². The Kier molecular flexibility index (Phi) is 4.31. The number of carbonyl (C=O) groups is 1. The van der Waals surface area contributed by atoms with Crippen LogP contribution in [0.5, 0.6) is 0 Å². The molecule has 2 aromatic rings. The van der Waals surface area contributed by atoms with Gasteiger partial charge in [-0.05, 0) is 80.3 Å². The van der Waals surface area contributed by atoms with Gasteiger partial charge in [0.2, 0.25) is 0 Å². The summed E-state index contributed by atoms with van der Waals surface area (Å²) >= 11 is 5.40. The van der Waals surface area contributed by atoms with Crippen LogP contribution in [0, 0.1) is 9.39 Å². The molecule has 21 heavy (non-hydrogen) atoms. The lowest BCUT2D eigenvalue weighted by Gasteiger charge is -2.29. The molecule has 5 heteroatoms. The third kappa shape index (κ3) is 3.13. The summed E-state index contributed by atoms with van der Waals surface area (Å²) in [7, 11) is 0. The molecule has 0 spiro atoms. The fourth-order valence-corrected chi connectivity index (χ4v) is 3.42. The predicted molar refractivity (Wildman–Crippen MR) is 91.7 cm³/mol. The maximum Gasteiger partial charge on any atom is 0.254 e. The zero-order valence-electron chi connectivity index (χ0n) is 11.1. The van der Waals surface area contributed by atoms with Crippen molar-refractivity contribution in [2.45, 2.75) is 13.0 Å². The van der Waals surface area contributed by atoms with Crippen molar-refractivity contribution < 1.29 is 9.18 Å². The van der Waals surface area contributed by atoms with Crippen LogP contribution >= 0.6 is 38.5 Å². The van der Waals surface area contributed by atoms with Crippen molar-refractivity contribution in [1.82, 2.24) is 4.90 Å². The minimum Gasteiger partial charge on any atom is -0.334 e. The molecule has 0 aliphatic carbocycles. The molecule has 0 bridgehead atoms. The zero-order chi connectivity index (χ0) is 15.0. The second-order valence-electron chi connectivity index (χ2n) is 5.03. The molecule has 0 aromatic heterocycles. The van der Waals surface area contributed by atoms with Gasteiger partial charge in [-0.1, -0.05) is 12.1 Å². The summed E-state index contributed by atoms with van der Waals surface area (Å²) in [5, 5.41) is 0. The largest absolute Gasteiger partial charge is 0.334 e. The minimum absolute atomic E-state index is 0.0511. The first-order valence-electron chi connectivity index (χ1n) is 6.56. The van der Waals surface area contributed by atoms with Crippen LogP contribution in [0.2, 0.25) is 0 Å². The van der Waals surface area contributed by atoms with E-state index in [0.717, 1.165) is 26.7 Å². The summed E-state index contributed by atoms with van der Waals surface area (Å²) in [5.74, 6) is -0.237. The molecule has 108 valence electrons. The lowest BCUT2D eigenvalue weighted by molar-refractivity contribution is 0.0727. The lowest BCUT2D eigenvalue weighted by Crippen LogP contribution is -2.37. The van der Waals surface area contributed by atoms with Gasteiger partial charge in [-0.15, -0.1) is 0 Å². The van der Waals surface area contributed by atoms with E-state index >= 15 is 0 Å². The van der Waals surface area contributed by atoms with Crippen LogP contribution in [0.3, 0.4) is 0 Å². The first-order chi connectivity index (χ1) is 10.0. The van der Waals surface area contributed by atoms with Crippen molar-refractivity contribution in [3.63, 3.8) is 0 Å². The van der Waals surface area contributed by atoms with E-state index < -0.39 is 0 Å². The van der Waals surface area contributed by atoms with E-state index in [-0.39, 0.29) is 11.7 Å². The molecule has 2 nitrogen and oxygen atoms in total. The summed E-state index contributed by atoms with van der Waals surface area (Å²) in [6.45, 7) is 1.20. The van der Waals surface area contributed by atoms with Crippen LogP contribution < -0.4 is 0 Å². The average Bonchev–Trinajstić information content (AvgIpc) is 2.46. The van der Waals surface area contributed by atoms with Crippen LogP contribution in [-0.2, 0) is 13.0 Å². The molecule has 0 saturated heterocycles. The fourth-order valence-electron chi connectivity index (χ4n) is 2.50. The number of nitrogens with zero attached hydrogens (tertiary/aromatic N) is 1. The van der Waals surface area contributed by atoms with Crippen LogP contribution in [-0.4, -0.2) is 17.4 Å². The van der Waals surface area contributed by atoms with Crippen molar-refractivity contribution >= 4 is 44.4 Å². The molecule has 0 unspecified atom stereocenters. The quantitative estimate of drug-likeness (QED) is 0.610. The van der Waals surface area contributed by atoms with Crippen LogP contribution in [0.1, 0.15) is 21.5 Å². The molecule has 3 rings (SSSR count). The van der Waals surface area contributed by atoms with E-state index in [0.29, 0.717) is 17.6 Å². The maximum atomic E-state index is 13.3. The van der Waals surface area contributed by atoms with Crippen LogP contribution in [0.4, 0.5) is 4.39 Å². The van der Waals surface area contributed by atoms with E-state index in [9.17, 15) is 9.18 Å². The normalized spacial score (nSPS) is 14.2. The van der Waals surface area contributed by atoms with Gasteiger partial charge in [-0.2, -0.15) is 0 Å². The lowest BCUT2D eigenvalue weighted by atomic mass is 9.99. The smallest absolute Gasteiger partial charge is 0.254 e. The number of benzene rings is 2. The summed E-state index contributed by atoms with van der Waals surface area (Å²) in [6, 6.07) is 10.9. The molecule has 1 amide bonds. The molecule has 0 fully saturated rings. The maximum absolute atomic E-state index is 13.3. The summed E-state index contributed by atoms with van der Waals surface area (Å²) in [5.41, 5.74) is 2.82. The predicted octanol–water partition coefficient (Wildman–Crippen LogP) is 4.39. The van der Waals surface area contributed by atoms with E-state index in [1.165, 1.54) is 6.07 Å². The van der Waals surface area contributed by atoms with Gasteiger partial charge in [0.25, 0.3) is 5.91 Å². The highest BCUT2D eigenvalue weighted by atomic mass is 127. The van der Waals surface area contributed by atoms with Gasteiger partial charge >= 0.3 is 0 Å². The Labute approximate surface area is 144 Å². The number of amides is 1. The number of halogens is 3. The zero-order valence-corrected chi connectivity index (χ0v) is 14.8. The topological polar surface area (TPSA) is 20.3 Å². The van der Waals surface area contributed by atoms with Gasteiger partial charge in [0, 0.05) is 22.2 Å². The Morgan fingerprint density at radius 2 is 2.05 bits per heavy atom. The second-order valence-corrected chi connectivity index (χ2v) is 7.13. The van der Waals surface area contributed by atoms with Crippen molar-refractivity contribution in [3.8, 4) is 0 Å². The Morgan fingerprint density at radius 1 is 1.24 bits per heavy atom. The van der Waals surface area contributed by atoms with Gasteiger partial charge < -0.3 is 4.90 Å². The van der Waals surface area contributed by atoms with E-state index in [1.807, 2.05) is 23.1 Å². The Morgan fingerprint density at radius 3 is 2.81 bits per heavy atom. The van der Waals surface area contributed by atoms with Crippen LogP contribution in [0.15, 0.2) is 40.9 Å². The van der Waals surface area contributed by atoms with Crippen LogP contribution in [0.25, 0.3) is 0 Å². The highest BCUT2D eigenvalue weighted by Crippen LogP contribution is 2.24. The van der Waals surface area contributed by atoms with Gasteiger partial charge in [-0.25, -0.2) is 4.39 Å². The van der Waals surface area contributed by atoms with E-state index in [4.69, 9.17) is 0 Å². The molecule has 1 heterocycles. The Balaban J connectivity index is 1.84. The number of fused-ring (bicyclic) bond motifs is 1. The average molecular weight is 460 g/mol. The first kappa shape index (κ1) is 15.0. The third-order valence-corrected chi connectivity index (χ3v) is 4.88. The summed E-state index contributed by atoms with van der Waals surface area (Å²) in [6.07, 6.45) is 0.861. The number of hydrogen-bond donors (Lipinski definition) is 0. The highest BCUT2D eigenvalue weighted by molar-refractivity contribution is 14.1. The highest BCUT2D eigenvalue weighted by Gasteiger charge is 2.24. The van der Waals surface area contributed by atoms with Crippen molar-refractivity contribution in [3.05, 3.63) is 66.9 Å². The summed E-state index contributed by atoms with van der Waals surface area (Å²) in [4.78, 5) is 14.4. The molecular formula is C16H12BrFINO. The number of carbonyl (C=O) groups excluding carboxylic acids is 1. The van der Waals surface area contributed by atoms with Gasteiger partial charge in [-0.3, -0.25) is 4.79 Å². The standard InChI is InChI=1S/C16H12BrFINO/c17-14-7-10(1-4-15(14)18)9-20-6-5-11-2-3-12(19)8-13(11)16(20)21/h1-4,7-8H,5-6,9H2. The number of rotatable bonds is 2. The van der Waals surface area contributed by atoms with Crippen molar-refractivity contribution in [2.75, 3.05) is 6.54 Å². The molecule has 1 aliphatic rings. The SMILES string of the molecule is O=C1c2cc(I)ccc2CCN1Cc1ccc(F)c(Br)c1. The third-order valence-electron chi connectivity index (χ3n) is 3.60. The molecule has 0 atom stereocenters. The fraction of sp³-hybridized carbons (Fsp3) is 0.188. The molecular weight excluding hydrogens is 448 g/mol. The van der Waals surface area contributed by atoms with Crippen molar-refractivity contribution in [2.24, 2.45) is 0 Å². The Hall–Kier alpha value is -0.950. The monoisotopic (exact) mass is 459 g/mol. The van der Waals surface area contributed by atoms with E-state index in [1.54, 1.807) is 12.1 Å².